The molecule has 0 heterocycles. The first-order chi connectivity index (χ1) is 11.6. The third kappa shape index (κ3) is 3.98. The van der Waals surface area contributed by atoms with Crippen LogP contribution in [0.1, 0.15) is 30.0 Å². The standard InChI is InChI=1S/C19H19FN2O2/c1-13(15-9-8-14-4-2-5-16(14)10-15)21-22-19(23)12-24-18-7-3-6-17(20)11-18/h3,6-11H,2,4-5,12H2,1H3,(H,22,23)/b21-13-. The second-order valence-corrected chi connectivity index (χ2v) is 5.82. The molecule has 3 rings (SSSR count). The van der Waals surface area contributed by atoms with Crippen molar-refractivity contribution in [2.75, 3.05) is 6.61 Å². The highest BCUT2D eigenvalue weighted by atomic mass is 19.1. The summed E-state index contributed by atoms with van der Waals surface area (Å²) < 4.78 is 18.3. The lowest BCUT2D eigenvalue weighted by Gasteiger charge is -2.07. The molecule has 24 heavy (non-hydrogen) atoms. The molecule has 0 spiro atoms. The zero-order chi connectivity index (χ0) is 16.9. The third-order valence-corrected chi connectivity index (χ3v) is 4.03. The molecule has 1 amide bonds. The minimum absolute atomic E-state index is 0.218. The SMILES string of the molecule is C/C(=N/NC(=O)COc1cccc(F)c1)c1ccc2c(c1)CCC2. The number of nitrogens with one attached hydrogen (secondary N) is 1. The Kier molecular flexibility index (Phi) is 4.89. The molecule has 0 saturated carbocycles. The molecule has 0 bridgehead atoms. The van der Waals surface area contributed by atoms with E-state index in [4.69, 9.17) is 4.74 Å². The summed E-state index contributed by atoms with van der Waals surface area (Å²) in [4.78, 5) is 11.8. The zero-order valence-corrected chi connectivity index (χ0v) is 13.5. The third-order valence-electron chi connectivity index (χ3n) is 4.03. The number of nitrogens with zero attached hydrogens (tertiary/aromatic N) is 1. The quantitative estimate of drug-likeness (QED) is 0.677. The first kappa shape index (κ1) is 16.2. The molecule has 0 aliphatic heterocycles. The molecule has 0 aromatic heterocycles. The Hall–Kier alpha value is -2.69. The van der Waals surface area contributed by atoms with Gasteiger partial charge in [-0.25, -0.2) is 9.82 Å². The van der Waals surface area contributed by atoms with Crippen molar-refractivity contribution in [2.24, 2.45) is 5.10 Å². The fraction of sp³-hybridized carbons (Fsp3) is 0.263. The fourth-order valence-corrected chi connectivity index (χ4v) is 2.75. The van der Waals surface area contributed by atoms with E-state index in [1.807, 2.05) is 13.0 Å². The van der Waals surface area contributed by atoms with Crippen LogP contribution in [-0.4, -0.2) is 18.2 Å². The van der Waals surface area contributed by atoms with Crippen LogP contribution in [0.15, 0.2) is 47.6 Å². The molecule has 1 aliphatic rings. The van der Waals surface area contributed by atoms with Crippen molar-refractivity contribution >= 4 is 11.6 Å². The number of benzene rings is 2. The Labute approximate surface area is 140 Å². The van der Waals surface area contributed by atoms with E-state index in [2.05, 4.69) is 22.7 Å². The van der Waals surface area contributed by atoms with E-state index >= 15 is 0 Å². The number of aryl methyl sites for hydroxylation is 2. The number of halogens is 1. The van der Waals surface area contributed by atoms with Crippen molar-refractivity contribution in [3.05, 3.63) is 65.0 Å². The Morgan fingerprint density at radius 2 is 2.04 bits per heavy atom. The molecule has 2 aromatic rings. The number of hydrogen-bond donors (Lipinski definition) is 1. The van der Waals surface area contributed by atoms with E-state index in [1.54, 1.807) is 6.07 Å². The predicted octanol–water partition coefficient (Wildman–Crippen LogP) is 3.23. The molecule has 5 heteroatoms. The number of ether oxygens (including phenoxy) is 1. The van der Waals surface area contributed by atoms with Crippen LogP contribution in [-0.2, 0) is 17.6 Å². The van der Waals surface area contributed by atoms with Gasteiger partial charge in [0.2, 0.25) is 0 Å². The van der Waals surface area contributed by atoms with Crippen LogP contribution in [0.2, 0.25) is 0 Å². The largest absolute Gasteiger partial charge is 0.484 e. The van der Waals surface area contributed by atoms with Crippen LogP contribution >= 0.6 is 0 Å². The van der Waals surface area contributed by atoms with Crippen molar-refractivity contribution in [1.82, 2.24) is 5.43 Å². The van der Waals surface area contributed by atoms with E-state index in [0.29, 0.717) is 5.75 Å². The van der Waals surface area contributed by atoms with Gasteiger partial charge < -0.3 is 4.74 Å². The number of hydrazone groups is 1. The lowest BCUT2D eigenvalue weighted by molar-refractivity contribution is -0.123. The van der Waals surface area contributed by atoms with Gasteiger partial charge in [-0.2, -0.15) is 5.10 Å². The summed E-state index contributed by atoms with van der Waals surface area (Å²) in [6, 6.07) is 12.0. The molecule has 0 atom stereocenters. The summed E-state index contributed by atoms with van der Waals surface area (Å²) in [6.07, 6.45) is 3.44. The van der Waals surface area contributed by atoms with Gasteiger partial charge >= 0.3 is 0 Å². The highest BCUT2D eigenvalue weighted by Gasteiger charge is 2.11. The van der Waals surface area contributed by atoms with Crippen LogP contribution in [0, 0.1) is 5.82 Å². The van der Waals surface area contributed by atoms with Gasteiger partial charge in [-0.1, -0.05) is 18.2 Å². The Bertz CT molecular complexity index is 787. The van der Waals surface area contributed by atoms with Crippen molar-refractivity contribution in [1.29, 1.82) is 0 Å². The fourth-order valence-electron chi connectivity index (χ4n) is 2.75. The van der Waals surface area contributed by atoms with Crippen molar-refractivity contribution in [3.63, 3.8) is 0 Å². The molecule has 0 unspecified atom stereocenters. The van der Waals surface area contributed by atoms with Crippen LogP contribution in [0.5, 0.6) is 5.75 Å². The maximum absolute atomic E-state index is 13.0. The van der Waals surface area contributed by atoms with Crippen LogP contribution in [0.3, 0.4) is 0 Å². The number of amides is 1. The van der Waals surface area contributed by atoms with E-state index in [0.717, 1.165) is 24.1 Å². The molecular weight excluding hydrogens is 307 g/mol. The molecular formula is C19H19FN2O2. The van der Waals surface area contributed by atoms with E-state index in [1.165, 1.54) is 35.7 Å². The van der Waals surface area contributed by atoms with Gasteiger partial charge in [0.15, 0.2) is 6.61 Å². The van der Waals surface area contributed by atoms with Gasteiger partial charge in [0.1, 0.15) is 11.6 Å². The van der Waals surface area contributed by atoms with Gasteiger partial charge in [-0.15, -0.1) is 0 Å². The predicted molar refractivity (Wildman–Crippen MR) is 90.7 cm³/mol. The van der Waals surface area contributed by atoms with Gasteiger partial charge in [-0.3, -0.25) is 4.79 Å². The summed E-state index contributed by atoms with van der Waals surface area (Å²) in [7, 11) is 0. The second-order valence-electron chi connectivity index (χ2n) is 5.82. The van der Waals surface area contributed by atoms with E-state index in [9.17, 15) is 9.18 Å². The number of carbonyl (C=O) groups excluding carboxylic acids is 1. The topological polar surface area (TPSA) is 50.7 Å². The molecule has 124 valence electrons. The van der Waals surface area contributed by atoms with Crippen LogP contribution < -0.4 is 10.2 Å². The number of rotatable bonds is 5. The summed E-state index contributed by atoms with van der Waals surface area (Å²) in [5.74, 6) is -0.484. The average molecular weight is 326 g/mol. The molecule has 0 fully saturated rings. The van der Waals surface area contributed by atoms with Gasteiger partial charge in [0.05, 0.1) is 5.71 Å². The molecule has 0 radical (unpaired) electrons. The van der Waals surface area contributed by atoms with E-state index in [-0.39, 0.29) is 12.5 Å². The van der Waals surface area contributed by atoms with Crippen molar-refractivity contribution < 1.29 is 13.9 Å². The molecule has 2 aromatic carbocycles. The van der Waals surface area contributed by atoms with Gasteiger partial charge in [-0.05, 0) is 61.1 Å². The zero-order valence-electron chi connectivity index (χ0n) is 13.5. The normalized spacial score (nSPS) is 13.5. The first-order valence-electron chi connectivity index (χ1n) is 7.95. The average Bonchev–Trinajstić information content (AvgIpc) is 3.05. The Morgan fingerprint density at radius 3 is 2.88 bits per heavy atom. The van der Waals surface area contributed by atoms with Gasteiger partial charge in [0.25, 0.3) is 5.91 Å². The monoisotopic (exact) mass is 326 g/mol. The summed E-state index contributed by atoms with van der Waals surface area (Å²) in [6.45, 7) is 1.63. The first-order valence-corrected chi connectivity index (χ1v) is 7.95. The minimum Gasteiger partial charge on any atom is -0.484 e. The number of hydrogen-bond acceptors (Lipinski definition) is 3. The summed E-state index contributed by atoms with van der Waals surface area (Å²) in [5, 5.41) is 4.11. The molecule has 4 nitrogen and oxygen atoms in total. The summed E-state index contributed by atoms with van der Waals surface area (Å²) in [5.41, 5.74) is 6.97. The highest BCUT2D eigenvalue weighted by Crippen LogP contribution is 2.23. The van der Waals surface area contributed by atoms with Crippen LogP contribution in [0.25, 0.3) is 0 Å². The lowest BCUT2D eigenvalue weighted by Crippen LogP contribution is -2.25. The second kappa shape index (κ2) is 7.25. The maximum atomic E-state index is 13.0. The van der Waals surface area contributed by atoms with E-state index < -0.39 is 5.82 Å². The van der Waals surface area contributed by atoms with Crippen molar-refractivity contribution in [3.8, 4) is 5.75 Å². The number of fused-ring (bicyclic) bond motifs is 1. The Morgan fingerprint density at radius 1 is 1.21 bits per heavy atom. The molecule has 1 aliphatic carbocycles. The smallest absolute Gasteiger partial charge is 0.277 e. The lowest BCUT2D eigenvalue weighted by atomic mass is 10.0. The maximum Gasteiger partial charge on any atom is 0.277 e. The summed E-state index contributed by atoms with van der Waals surface area (Å²) >= 11 is 0. The molecule has 1 N–H and O–H groups in total. The van der Waals surface area contributed by atoms with Gasteiger partial charge in [0, 0.05) is 6.07 Å². The van der Waals surface area contributed by atoms with Crippen molar-refractivity contribution in [2.45, 2.75) is 26.2 Å². The molecule has 0 saturated heterocycles. The Balaban J connectivity index is 1.55. The minimum atomic E-state index is -0.404. The van der Waals surface area contributed by atoms with Crippen LogP contribution in [0.4, 0.5) is 4.39 Å². The highest BCUT2D eigenvalue weighted by molar-refractivity contribution is 5.99. The number of carbonyl (C=O) groups is 1.